The Labute approximate surface area is 137 Å². The van der Waals surface area contributed by atoms with E-state index >= 15 is 0 Å². The van der Waals surface area contributed by atoms with Crippen LogP contribution in [0.1, 0.15) is 15.9 Å². The minimum absolute atomic E-state index is 0.143. The number of nitrogens with zero attached hydrogens (tertiary/aromatic N) is 1. The standard InChI is InChI=1S/C14H10Br2N2O3/c1-8-7-9(15)5-6-11(8)17-14(19)10-3-2-4-12(13(10)16)18(20)21/h2-7H,1H3,(H,17,19). The highest BCUT2D eigenvalue weighted by Crippen LogP contribution is 2.29. The molecule has 0 radical (unpaired) electrons. The van der Waals surface area contributed by atoms with Crippen molar-refractivity contribution in [1.29, 1.82) is 0 Å². The summed E-state index contributed by atoms with van der Waals surface area (Å²) < 4.78 is 1.08. The fraction of sp³-hybridized carbons (Fsp3) is 0.0714. The predicted molar refractivity (Wildman–Crippen MR) is 87.6 cm³/mol. The van der Waals surface area contributed by atoms with Gasteiger partial charge in [0.15, 0.2) is 0 Å². The number of rotatable bonds is 3. The maximum atomic E-state index is 12.3. The number of carbonyl (C=O) groups excluding carboxylic acids is 1. The van der Waals surface area contributed by atoms with E-state index in [1.54, 1.807) is 6.07 Å². The number of hydrogen-bond acceptors (Lipinski definition) is 3. The quantitative estimate of drug-likeness (QED) is 0.586. The minimum Gasteiger partial charge on any atom is -0.322 e. The molecule has 0 spiro atoms. The lowest BCUT2D eigenvalue weighted by molar-refractivity contribution is -0.385. The van der Waals surface area contributed by atoms with E-state index in [9.17, 15) is 14.9 Å². The first kappa shape index (κ1) is 15.7. The van der Waals surface area contributed by atoms with Crippen LogP contribution in [0.2, 0.25) is 0 Å². The van der Waals surface area contributed by atoms with Gasteiger partial charge >= 0.3 is 0 Å². The maximum Gasteiger partial charge on any atom is 0.284 e. The summed E-state index contributed by atoms with van der Waals surface area (Å²) in [5, 5.41) is 13.6. The molecule has 0 heterocycles. The van der Waals surface area contributed by atoms with Crippen molar-refractivity contribution in [3.8, 4) is 0 Å². The van der Waals surface area contributed by atoms with Crippen molar-refractivity contribution < 1.29 is 9.72 Å². The maximum absolute atomic E-state index is 12.3. The molecule has 0 atom stereocenters. The van der Waals surface area contributed by atoms with E-state index in [-0.39, 0.29) is 15.7 Å². The molecule has 0 aliphatic carbocycles. The highest BCUT2D eigenvalue weighted by molar-refractivity contribution is 9.11. The molecule has 108 valence electrons. The van der Waals surface area contributed by atoms with Gasteiger partial charge < -0.3 is 5.32 Å². The summed E-state index contributed by atoms with van der Waals surface area (Å²) >= 11 is 6.47. The van der Waals surface area contributed by atoms with Crippen molar-refractivity contribution >= 4 is 49.1 Å². The fourth-order valence-corrected chi connectivity index (χ4v) is 2.86. The number of amides is 1. The number of nitrogens with one attached hydrogen (secondary N) is 1. The molecule has 2 aromatic carbocycles. The second-order valence-electron chi connectivity index (χ2n) is 4.31. The van der Waals surface area contributed by atoms with E-state index in [1.807, 2.05) is 19.1 Å². The number of aryl methyl sites for hydroxylation is 1. The summed E-state index contributed by atoms with van der Waals surface area (Å²) in [5.41, 5.74) is 1.61. The van der Waals surface area contributed by atoms with Crippen LogP contribution in [-0.2, 0) is 0 Å². The molecule has 7 heteroatoms. The molecule has 0 aromatic heterocycles. The van der Waals surface area contributed by atoms with Crippen molar-refractivity contribution in [2.45, 2.75) is 6.92 Å². The van der Waals surface area contributed by atoms with Crippen LogP contribution in [0.5, 0.6) is 0 Å². The Morgan fingerprint density at radius 2 is 1.95 bits per heavy atom. The van der Waals surface area contributed by atoms with Crippen LogP contribution in [-0.4, -0.2) is 10.8 Å². The van der Waals surface area contributed by atoms with Gasteiger partial charge in [-0.3, -0.25) is 14.9 Å². The normalized spacial score (nSPS) is 10.2. The molecule has 0 unspecified atom stereocenters. The van der Waals surface area contributed by atoms with E-state index in [0.717, 1.165) is 10.0 Å². The Morgan fingerprint density at radius 3 is 2.57 bits per heavy atom. The molecular formula is C14H10Br2N2O3. The molecule has 5 nitrogen and oxygen atoms in total. The van der Waals surface area contributed by atoms with Crippen molar-refractivity contribution in [3.05, 3.63) is 66.6 Å². The Bertz CT molecular complexity index is 732. The summed E-state index contributed by atoms with van der Waals surface area (Å²) in [6.07, 6.45) is 0. The number of carbonyl (C=O) groups is 1. The van der Waals surface area contributed by atoms with E-state index in [1.165, 1.54) is 18.2 Å². The van der Waals surface area contributed by atoms with Gasteiger partial charge in [-0.05, 0) is 52.7 Å². The number of halogens is 2. The van der Waals surface area contributed by atoms with Gasteiger partial charge in [0.25, 0.3) is 11.6 Å². The third-order valence-electron chi connectivity index (χ3n) is 2.86. The van der Waals surface area contributed by atoms with E-state index in [4.69, 9.17) is 0 Å². The second-order valence-corrected chi connectivity index (χ2v) is 6.02. The zero-order chi connectivity index (χ0) is 15.6. The average molecular weight is 414 g/mol. The highest BCUT2D eigenvalue weighted by Gasteiger charge is 2.19. The van der Waals surface area contributed by atoms with Gasteiger partial charge in [0.2, 0.25) is 0 Å². The molecule has 0 saturated carbocycles. The number of nitro groups is 1. The van der Waals surface area contributed by atoms with Crippen LogP contribution in [0.25, 0.3) is 0 Å². The van der Waals surface area contributed by atoms with Crippen molar-refractivity contribution in [3.63, 3.8) is 0 Å². The molecule has 1 N–H and O–H groups in total. The first-order valence-electron chi connectivity index (χ1n) is 5.90. The summed E-state index contributed by atoms with van der Waals surface area (Å²) in [6, 6.07) is 9.80. The van der Waals surface area contributed by atoms with Crippen LogP contribution in [0.15, 0.2) is 45.3 Å². The van der Waals surface area contributed by atoms with Crippen molar-refractivity contribution in [1.82, 2.24) is 0 Å². The number of anilines is 1. The Morgan fingerprint density at radius 1 is 1.24 bits per heavy atom. The third kappa shape index (κ3) is 3.48. The summed E-state index contributed by atoms with van der Waals surface area (Å²) in [5.74, 6) is -0.406. The topological polar surface area (TPSA) is 72.2 Å². The van der Waals surface area contributed by atoms with Crippen LogP contribution >= 0.6 is 31.9 Å². The molecule has 0 fully saturated rings. The van der Waals surface area contributed by atoms with Gasteiger partial charge in [-0.25, -0.2) is 0 Å². The molecular weight excluding hydrogens is 404 g/mol. The van der Waals surface area contributed by atoms with Crippen LogP contribution in [0, 0.1) is 17.0 Å². The first-order valence-corrected chi connectivity index (χ1v) is 7.49. The van der Waals surface area contributed by atoms with Crippen LogP contribution in [0.3, 0.4) is 0 Å². The lowest BCUT2D eigenvalue weighted by atomic mass is 10.1. The summed E-state index contributed by atoms with van der Waals surface area (Å²) in [6.45, 7) is 1.86. The molecule has 1 amide bonds. The van der Waals surface area contributed by atoms with Gasteiger partial charge in [0.05, 0.1) is 10.5 Å². The van der Waals surface area contributed by atoms with E-state index in [2.05, 4.69) is 37.2 Å². The number of nitro benzene ring substituents is 1. The van der Waals surface area contributed by atoms with Gasteiger partial charge in [-0.2, -0.15) is 0 Å². The largest absolute Gasteiger partial charge is 0.322 e. The zero-order valence-electron chi connectivity index (χ0n) is 10.9. The minimum atomic E-state index is -0.536. The second kappa shape index (κ2) is 6.36. The highest BCUT2D eigenvalue weighted by atomic mass is 79.9. The van der Waals surface area contributed by atoms with Gasteiger partial charge in [-0.15, -0.1) is 0 Å². The van der Waals surface area contributed by atoms with Crippen molar-refractivity contribution in [2.75, 3.05) is 5.32 Å². The lowest BCUT2D eigenvalue weighted by Crippen LogP contribution is -2.14. The molecule has 0 aliphatic rings. The Kier molecular flexibility index (Phi) is 4.74. The predicted octanol–water partition coefficient (Wildman–Crippen LogP) is 4.68. The third-order valence-corrected chi connectivity index (χ3v) is 4.18. The summed E-state index contributed by atoms with van der Waals surface area (Å²) in [7, 11) is 0. The van der Waals surface area contributed by atoms with Gasteiger partial charge in [0, 0.05) is 16.2 Å². The van der Waals surface area contributed by atoms with Crippen LogP contribution < -0.4 is 5.32 Å². The van der Waals surface area contributed by atoms with Gasteiger partial charge in [-0.1, -0.05) is 22.0 Å². The number of benzene rings is 2. The molecule has 0 aliphatic heterocycles. The van der Waals surface area contributed by atoms with Crippen molar-refractivity contribution in [2.24, 2.45) is 0 Å². The van der Waals surface area contributed by atoms with E-state index < -0.39 is 10.8 Å². The smallest absolute Gasteiger partial charge is 0.284 e. The monoisotopic (exact) mass is 412 g/mol. The molecule has 2 rings (SSSR count). The Balaban J connectivity index is 2.33. The number of hydrogen-bond donors (Lipinski definition) is 1. The zero-order valence-corrected chi connectivity index (χ0v) is 14.1. The molecule has 0 saturated heterocycles. The fourth-order valence-electron chi connectivity index (χ4n) is 1.79. The molecule has 2 aromatic rings. The van der Waals surface area contributed by atoms with E-state index in [0.29, 0.717) is 5.69 Å². The average Bonchev–Trinajstić information content (AvgIpc) is 2.41. The molecule has 21 heavy (non-hydrogen) atoms. The first-order chi connectivity index (χ1) is 9.90. The lowest BCUT2D eigenvalue weighted by Gasteiger charge is -2.10. The van der Waals surface area contributed by atoms with Gasteiger partial charge in [0.1, 0.15) is 4.47 Å². The summed E-state index contributed by atoms with van der Waals surface area (Å²) in [4.78, 5) is 22.6. The SMILES string of the molecule is Cc1cc(Br)ccc1NC(=O)c1cccc([N+](=O)[O-])c1Br. The molecule has 0 bridgehead atoms. The Hall–Kier alpha value is -1.73. The van der Waals surface area contributed by atoms with Crippen LogP contribution in [0.4, 0.5) is 11.4 Å².